The quantitative estimate of drug-likeness (QED) is 0.236. The number of hydrogen-bond acceptors (Lipinski definition) is 2. The Hall–Kier alpha value is -0.830. The highest BCUT2D eigenvalue weighted by Crippen LogP contribution is 2.10. The highest BCUT2D eigenvalue weighted by molar-refractivity contribution is 5.76. The Morgan fingerprint density at radius 1 is 0.880 bits per heavy atom. The third kappa shape index (κ3) is 19.3. The van der Waals surface area contributed by atoms with Crippen molar-refractivity contribution in [2.45, 2.75) is 110 Å². The first kappa shape index (κ1) is 24.2. The Bertz CT molecular complexity index is 315. The molecular weight excluding hydrogens is 310 g/mol. The van der Waals surface area contributed by atoms with E-state index in [4.69, 9.17) is 4.74 Å². The van der Waals surface area contributed by atoms with Crippen molar-refractivity contribution in [1.29, 1.82) is 0 Å². The summed E-state index contributed by atoms with van der Waals surface area (Å²) in [5.74, 6) is 0.155. The lowest BCUT2D eigenvalue weighted by molar-refractivity contribution is -0.122. The predicted octanol–water partition coefficient (Wildman–Crippen LogP) is 6.18. The van der Waals surface area contributed by atoms with E-state index in [0.717, 1.165) is 12.8 Å². The summed E-state index contributed by atoms with van der Waals surface area (Å²) in [6.07, 6.45) is 22.1. The molecule has 0 bridgehead atoms. The van der Waals surface area contributed by atoms with Crippen LogP contribution >= 0.6 is 0 Å². The maximum absolute atomic E-state index is 11.7. The van der Waals surface area contributed by atoms with Crippen molar-refractivity contribution in [2.24, 2.45) is 0 Å². The third-order valence-corrected chi connectivity index (χ3v) is 4.49. The van der Waals surface area contributed by atoms with Gasteiger partial charge in [0.1, 0.15) is 0 Å². The highest BCUT2D eigenvalue weighted by atomic mass is 16.5. The van der Waals surface area contributed by atoms with Gasteiger partial charge in [-0.1, -0.05) is 70.4 Å². The third-order valence-electron chi connectivity index (χ3n) is 4.49. The molecule has 0 radical (unpaired) electrons. The van der Waals surface area contributed by atoms with Crippen LogP contribution in [0.1, 0.15) is 104 Å². The van der Waals surface area contributed by atoms with Gasteiger partial charge in [-0.15, -0.1) is 0 Å². The smallest absolute Gasteiger partial charge is 0.220 e. The predicted molar refractivity (Wildman–Crippen MR) is 109 cm³/mol. The van der Waals surface area contributed by atoms with Crippen LogP contribution in [0.3, 0.4) is 0 Å². The topological polar surface area (TPSA) is 38.3 Å². The van der Waals surface area contributed by atoms with Crippen molar-refractivity contribution >= 4 is 5.91 Å². The molecule has 1 atom stereocenters. The number of allylic oxidation sites excluding steroid dienone is 2. The van der Waals surface area contributed by atoms with Crippen LogP contribution in [0.25, 0.3) is 0 Å². The van der Waals surface area contributed by atoms with Crippen LogP contribution in [0, 0.1) is 0 Å². The zero-order valence-corrected chi connectivity index (χ0v) is 17.2. The molecule has 25 heavy (non-hydrogen) atoms. The van der Waals surface area contributed by atoms with Gasteiger partial charge in [-0.3, -0.25) is 4.79 Å². The summed E-state index contributed by atoms with van der Waals surface area (Å²) in [4.78, 5) is 11.7. The molecule has 0 aromatic carbocycles. The molecule has 0 heterocycles. The summed E-state index contributed by atoms with van der Waals surface area (Å²) in [6, 6.07) is 0.112. The molecule has 3 nitrogen and oxygen atoms in total. The van der Waals surface area contributed by atoms with E-state index in [1.807, 2.05) is 6.92 Å². The molecular formula is C22H43NO2. The Kier molecular flexibility index (Phi) is 18.8. The van der Waals surface area contributed by atoms with Gasteiger partial charge >= 0.3 is 0 Å². The largest absolute Gasteiger partial charge is 0.383 e. The van der Waals surface area contributed by atoms with Crippen molar-refractivity contribution in [3.8, 4) is 0 Å². The Morgan fingerprint density at radius 3 is 1.96 bits per heavy atom. The molecule has 0 aliphatic carbocycles. The lowest BCUT2D eigenvalue weighted by atomic mass is 10.1. The fraction of sp³-hybridized carbons (Fsp3) is 0.864. The summed E-state index contributed by atoms with van der Waals surface area (Å²) < 4.78 is 5.02. The monoisotopic (exact) mass is 353 g/mol. The Balaban J connectivity index is 3.25. The van der Waals surface area contributed by atoms with Crippen LogP contribution in [0.4, 0.5) is 0 Å². The van der Waals surface area contributed by atoms with Crippen molar-refractivity contribution in [1.82, 2.24) is 5.32 Å². The second kappa shape index (κ2) is 19.5. The van der Waals surface area contributed by atoms with Crippen LogP contribution in [0.15, 0.2) is 12.2 Å². The minimum Gasteiger partial charge on any atom is -0.383 e. The first-order valence-corrected chi connectivity index (χ1v) is 10.6. The fourth-order valence-electron chi connectivity index (χ4n) is 2.99. The van der Waals surface area contributed by atoms with E-state index in [1.165, 1.54) is 70.6 Å². The summed E-state index contributed by atoms with van der Waals surface area (Å²) in [5, 5.41) is 2.96. The maximum Gasteiger partial charge on any atom is 0.220 e. The number of methoxy groups -OCH3 is 1. The number of nitrogens with one attached hydrogen (secondary N) is 1. The molecule has 0 spiro atoms. The zero-order chi connectivity index (χ0) is 18.6. The number of carbonyl (C=O) groups is 1. The maximum atomic E-state index is 11.7. The molecule has 1 N–H and O–H groups in total. The van der Waals surface area contributed by atoms with E-state index in [2.05, 4.69) is 24.4 Å². The van der Waals surface area contributed by atoms with Crippen LogP contribution in [-0.2, 0) is 9.53 Å². The van der Waals surface area contributed by atoms with Crippen molar-refractivity contribution < 1.29 is 9.53 Å². The van der Waals surface area contributed by atoms with Crippen molar-refractivity contribution in [3.05, 3.63) is 12.2 Å². The summed E-state index contributed by atoms with van der Waals surface area (Å²) in [5.41, 5.74) is 0. The average Bonchev–Trinajstić information content (AvgIpc) is 2.58. The van der Waals surface area contributed by atoms with Gasteiger partial charge in [0.05, 0.1) is 6.61 Å². The number of amides is 1. The van der Waals surface area contributed by atoms with Crippen LogP contribution in [0.5, 0.6) is 0 Å². The van der Waals surface area contributed by atoms with Crippen LogP contribution < -0.4 is 5.32 Å². The second-order valence-corrected chi connectivity index (χ2v) is 7.26. The standard InChI is InChI=1S/C22H43NO2/c1-4-5-6-7-8-9-10-11-12-13-14-15-16-17-18-19-22(24)23-21(2)20-25-3/h11-12,21H,4-10,13-20H2,1-3H3,(H,23,24)/b12-11-. The minimum atomic E-state index is 0.112. The number of hydrogen-bond donors (Lipinski definition) is 1. The van der Waals surface area contributed by atoms with Gasteiger partial charge in [0, 0.05) is 19.6 Å². The van der Waals surface area contributed by atoms with E-state index in [0.29, 0.717) is 13.0 Å². The summed E-state index contributed by atoms with van der Waals surface area (Å²) in [7, 11) is 1.66. The molecule has 0 fully saturated rings. The molecule has 148 valence electrons. The molecule has 0 aliphatic rings. The van der Waals surface area contributed by atoms with Gasteiger partial charge in [0.15, 0.2) is 0 Å². The van der Waals surface area contributed by atoms with Crippen LogP contribution in [0.2, 0.25) is 0 Å². The van der Waals surface area contributed by atoms with E-state index < -0.39 is 0 Å². The van der Waals surface area contributed by atoms with Crippen molar-refractivity contribution in [2.75, 3.05) is 13.7 Å². The normalized spacial score (nSPS) is 12.6. The van der Waals surface area contributed by atoms with Gasteiger partial charge in [0.25, 0.3) is 0 Å². The molecule has 0 aliphatic heterocycles. The SMILES string of the molecule is CCCCCCCC/C=C\CCCCCCCC(=O)NC(C)COC. The van der Waals surface area contributed by atoms with Gasteiger partial charge in [0.2, 0.25) is 5.91 Å². The summed E-state index contributed by atoms with van der Waals surface area (Å²) >= 11 is 0. The molecule has 0 saturated heterocycles. The van der Waals surface area contributed by atoms with E-state index in [-0.39, 0.29) is 11.9 Å². The van der Waals surface area contributed by atoms with E-state index >= 15 is 0 Å². The molecule has 1 unspecified atom stereocenters. The number of carbonyl (C=O) groups excluding carboxylic acids is 1. The molecule has 0 aromatic heterocycles. The molecule has 0 rings (SSSR count). The first-order chi connectivity index (χ1) is 12.2. The zero-order valence-electron chi connectivity index (χ0n) is 17.2. The molecule has 0 aromatic rings. The lowest BCUT2D eigenvalue weighted by Crippen LogP contribution is -2.35. The molecule has 0 saturated carbocycles. The fourth-order valence-corrected chi connectivity index (χ4v) is 2.99. The van der Waals surface area contributed by atoms with Crippen molar-refractivity contribution in [3.63, 3.8) is 0 Å². The molecule has 1 amide bonds. The lowest BCUT2D eigenvalue weighted by Gasteiger charge is -2.12. The number of ether oxygens (including phenoxy) is 1. The van der Waals surface area contributed by atoms with Crippen LogP contribution in [-0.4, -0.2) is 25.7 Å². The van der Waals surface area contributed by atoms with E-state index in [9.17, 15) is 4.79 Å². The summed E-state index contributed by atoms with van der Waals surface area (Å²) in [6.45, 7) is 4.82. The highest BCUT2D eigenvalue weighted by Gasteiger charge is 2.06. The van der Waals surface area contributed by atoms with Gasteiger partial charge in [-0.25, -0.2) is 0 Å². The number of unbranched alkanes of at least 4 members (excludes halogenated alkanes) is 11. The van der Waals surface area contributed by atoms with Gasteiger partial charge in [-0.05, 0) is 39.0 Å². The Morgan fingerprint density at radius 2 is 1.40 bits per heavy atom. The average molecular weight is 354 g/mol. The Labute approximate surface area is 157 Å². The second-order valence-electron chi connectivity index (χ2n) is 7.26. The van der Waals surface area contributed by atoms with Gasteiger partial charge in [-0.2, -0.15) is 0 Å². The first-order valence-electron chi connectivity index (χ1n) is 10.6. The number of rotatable bonds is 18. The van der Waals surface area contributed by atoms with Gasteiger partial charge < -0.3 is 10.1 Å². The minimum absolute atomic E-state index is 0.112. The van der Waals surface area contributed by atoms with E-state index in [1.54, 1.807) is 7.11 Å². The molecule has 3 heteroatoms.